The number of aliphatic hydroxyl groups is 1. The molecule has 0 fully saturated rings. The van der Waals surface area contributed by atoms with Crippen molar-refractivity contribution in [3.05, 3.63) is 53.5 Å². The highest BCUT2D eigenvalue weighted by molar-refractivity contribution is 6.04. The Kier molecular flexibility index (Phi) is 6.68. The van der Waals surface area contributed by atoms with E-state index in [1.165, 1.54) is 32.2 Å². The predicted molar refractivity (Wildman–Crippen MR) is 108 cm³/mol. The lowest BCUT2D eigenvalue weighted by molar-refractivity contribution is -0.141. The molecule has 0 spiro atoms. The topological polar surface area (TPSA) is 80.0 Å². The van der Waals surface area contributed by atoms with Gasteiger partial charge in [0.1, 0.15) is 11.4 Å². The van der Waals surface area contributed by atoms with Crippen molar-refractivity contribution in [1.29, 1.82) is 0 Å². The SMILES string of the molecule is CC(C)(O)c1cc2nn(C(F)CCC(F)F)cc2cc1NC(=O)c1cccc(C(F)(F)F)n1. The lowest BCUT2D eigenvalue weighted by Gasteiger charge is -2.22. The molecule has 0 radical (unpaired) electrons. The summed E-state index contributed by atoms with van der Waals surface area (Å²) in [5.74, 6) is -0.960. The van der Waals surface area contributed by atoms with Gasteiger partial charge in [-0.2, -0.15) is 18.3 Å². The number of amides is 1. The van der Waals surface area contributed by atoms with Gasteiger partial charge >= 0.3 is 6.18 Å². The summed E-state index contributed by atoms with van der Waals surface area (Å²) < 4.78 is 78.6. The van der Waals surface area contributed by atoms with Gasteiger partial charge in [0, 0.05) is 35.7 Å². The lowest BCUT2D eigenvalue weighted by atomic mass is 9.95. The average Bonchev–Trinajstić information content (AvgIpc) is 3.13. The number of carbonyl (C=O) groups excluding carboxylic acids is 1. The van der Waals surface area contributed by atoms with Crippen molar-refractivity contribution < 1.29 is 36.2 Å². The summed E-state index contributed by atoms with van der Waals surface area (Å²) in [4.78, 5) is 15.9. The molecule has 0 aliphatic rings. The van der Waals surface area contributed by atoms with Crippen LogP contribution in [0.15, 0.2) is 36.5 Å². The lowest BCUT2D eigenvalue weighted by Crippen LogP contribution is -2.22. The van der Waals surface area contributed by atoms with Crippen molar-refractivity contribution in [3.8, 4) is 0 Å². The molecule has 3 rings (SSSR count). The fourth-order valence-electron chi connectivity index (χ4n) is 3.15. The van der Waals surface area contributed by atoms with Gasteiger partial charge in [-0.3, -0.25) is 4.79 Å². The second kappa shape index (κ2) is 9.00. The molecule has 2 aromatic heterocycles. The van der Waals surface area contributed by atoms with Crippen molar-refractivity contribution >= 4 is 22.5 Å². The van der Waals surface area contributed by atoms with Crippen LogP contribution in [0.25, 0.3) is 10.9 Å². The standard InChI is InChI=1S/C21H20F6N4O2/c1-20(2,33)12-9-14-11(10-31(30-14)18(24)7-6-17(22)23)8-15(12)29-19(32)13-4-3-5-16(28-13)21(25,26)27/h3-5,8-10,17-18,33H,6-7H2,1-2H3,(H,29,32). The Hall–Kier alpha value is -3.15. The van der Waals surface area contributed by atoms with Crippen LogP contribution in [-0.2, 0) is 11.8 Å². The number of nitrogens with zero attached hydrogens (tertiary/aromatic N) is 3. The molecule has 3 aromatic rings. The minimum atomic E-state index is -4.74. The van der Waals surface area contributed by atoms with Crippen LogP contribution in [0.5, 0.6) is 0 Å². The number of carbonyl (C=O) groups is 1. The minimum absolute atomic E-state index is 0.0433. The van der Waals surface area contributed by atoms with Gasteiger partial charge in [0.05, 0.1) is 11.1 Å². The Morgan fingerprint density at radius 3 is 2.45 bits per heavy atom. The van der Waals surface area contributed by atoms with Gasteiger partial charge in [-0.15, -0.1) is 0 Å². The van der Waals surface area contributed by atoms with Crippen LogP contribution in [0, 0.1) is 0 Å². The second-order valence-corrected chi connectivity index (χ2v) is 7.89. The van der Waals surface area contributed by atoms with E-state index in [-0.39, 0.29) is 16.8 Å². The zero-order chi connectivity index (χ0) is 24.6. The number of rotatable bonds is 7. The van der Waals surface area contributed by atoms with Crippen molar-refractivity contribution in [1.82, 2.24) is 14.8 Å². The Labute approximate surface area is 184 Å². The summed E-state index contributed by atoms with van der Waals surface area (Å²) in [7, 11) is 0. The van der Waals surface area contributed by atoms with E-state index in [0.29, 0.717) is 5.39 Å². The van der Waals surface area contributed by atoms with Gasteiger partial charge in [-0.1, -0.05) is 6.07 Å². The van der Waals surface area contributed by atoms with Crippen molar-refractivity contribution in [2.75, 3.05) is 5.32 Å². The number of alkyl halides is 6. The summed E-state index contributed by atoms with van der Waals surface area (Å²) in [6.45, 7) is 2.81. The molecule has 0 saturated heterocycles. The molecular weight excluding hydrogens is 454 g/mol. The maximum absolute atomic E-state index is 14.3. The van der Waals surface area contributed by atoms with E-state index in [1.807, 2.05) is 0 Å². The maximum atomic E-state index is 14.3. The van der Waals surface area contributed by atoms with Gasteiger partial charge in [-0.05, 0) is 38.1 Å². The largest absolute Gasteiger partial charge is 0.433 e. The van der Waals surface area contributed by atoms with E-state index in [4.69, 9.17) is 0 Å². The Morgan fingerprint density at radius 1 is 1.15 bits per heavy atom. The smallest absolute Gasteiger partial charge is 0.386 e. The Bertz CT molecular complexity index is 1150. The molecule has 1 atom stereocenters. The third kappa shape index (κ3) is 5.81. The number of aromatic nitrogens is 3. The highest BCUT2D eigenvalue weighted by Crippen LogP contribution is 2.33. The number of pyridine rings is 1. The maximum Gasteiger partial charge on any atom is 0.433 e. The number of hydrogen-bond acceptors (Lipinski definition) is 4. The summed E-state index contributed by atoms with van der Waals surface area (Å²) >= 11 is 0. The van der Waals surface area contributed by atoms with Crippen LogP contribution in [0.4, 0.5) is 32.0 Å². The van der Waals surface area contributed by atoms with Gasteiger partial charge < -0.3 is 10.4 Å². The highest BCUT2D eigenvalue weighted by atomic mass is 19.4. The van der Waals surface area contributed by atoms with Crippen LogP contribution in [0.2, 0.25) is 0 Å². The summed E-state index contributed by atoms with van der Waals surface area (Å²) in [5, 5.41) is 17.3. The summed E-state index contributed by atoms with van der Waals surface area (Å²) in [6.07, 6.45) is -9.09. The molecule has 0 aliphatic heterocycles. The molecule has 1 amide bonds. The zero-order valence-electron chi connectivity index (χ0n) is 17.5. The Balaban J connectivity index is 1.96. The molecule has 12 heteroatoms. The molecule has 2 heterocycles. The van der Waals surface area contributed by atoms with Crippen LogP contribution in [-0.4, -0.2) is 32.2 Å². The summed E-state index contributed by atoms with van der Waals surface area (Å²) in [5.41, 5.74) is -2.84. The van der Waals surface area contributed by atoms with E-state index in [9.17, 15) is 36.2 Å². The molecule has 1 aromatic carbocycles. The van der Waals surface area contributed by atoms with Gasteiger partial charge in [0.25, 0.3) is 5.91 Å². The van der Waals surface area contributed by atoms with Crippen LogP contribution < -0.4 is 5.32 Å². The highest BCUT2D eigenvalue weighted by Gasteiger charge is 2.33. The first-order chi connectivity index (χ1) is 15.3. The molecule has 1 unspecified atom stereocenters. The Morgan fingerprint density at radius 2 is 1.85 bits per heavy atom. The fraction of sp³-hybridized carbons (Fsp3) is 0.381. The second-order valence-electron chi connectivity index (χ2n) is 7.89. The molecular formula is C21H20F6N4O2. The van der Waals surface area contributed by atoms with Crippen LogP contribution in [0.1, 0.15) is 54.7 Å². The number of hydrogen-bond donors (Lipinski definition) is 2. The number of nitrogens with one attached hydrogen (secondary N) is 1. The van der Waals surface area contributed by atoms with Gasteiger partial charge in [0.15, 0.2) is 6.30 Å². The molecule has 6 nitrogen and oxygen atoms in total. The predicted octanol–water partition coefficient (Wildman–Crippen LogP) is 5.44. The third-order valence-electron chi connectivity index (χ3n) is 4.75. The molecule has 0 bridgehead atoms. The number of halogens is 6. The molecule has 178 valence electrons. The van der Waals surface area contributed by atoms with E-state index in [2.05, 4.69) is 15.4 Å². The molecule has 2 N–H and O–H groups in total. The van der Waals surface area contributed by atoms with Gasteiger partial charge in [-0.25, -0.2) is 22.8 Å². The van der Waals surface area contributed by atoms with Crippen molar-refractivity contribution in [2.24, 2.45) is 0 Å². The summed E-state index contributed by atoms with van der Waals surface area (Å²) in [6, 6.07) is 5.59. The van der Waals surface area contributed by atoms with E-state index >= 15 is 0 Å². The average molecular weight is 474 g/mol. The normalized spacial score (nSPS) is 13.5. The van der Waals surface area contributed by atoms with Crippen molar-refractivity contribution in [3.63, 3.8) is 0 Å². The first kappa shape index (κ1) is 24.5. The van der Waals surface area contributed by atoms with Crippen LogP contribution >= 0.6 is 0 Å². The molecule has 33 heavy (non-hydrogen) atoms. The van der Waals surface area contributed by atoms with E-state index in [0.717, 1.165) is 22.9 Å². The molecule has 0 saturated carbocycles. The number of benzene rings is 1. The monoisotopic (exact) mass is 474 g/mol. The van der Waals surface area contributed by atoms with Gasteiger partial charge in [0.2, 0.25) is 6.43 Å². The number of anilines is 1. The first-order valence-corrected chi connectivity index (χ1v) is 9.79. The third-order valence-corrected chi connectivity index (χ3v) is 4.75. The van der Waals surface area contributed by atoms with E-state index in [1.54, 1.807) is 0 Å². The minimum Gasteiger partial charge on any atom is -0.386 e. The fourth-order valence-corrected chi connectivity index (χ4v) is 3.15. The van der Waals surface area contributed by atoms with Crippen LogP contribution in [0.3, 0.4) is 0 Å². The van der Waals surface area contributed by atoms with E-state index < -0.39 is 54.6 Å². The number of fused-ring (bicyclic) bond motifs is 1. The first-order valence-electron chi connectivity index (χ1n) is 9.79. The molecule has 0 aliphatic carbocycles. The zero-order valence-corrected chi connectivity index (χ0v) is 17.5. The quantitative estimate of drug-likeness (QED) is 0.447. The van der Waals surface area contributed by atoms with Crippen molar-refractivity contribution in [2.45, 2.75) is 51.2 Å².